The lowest BCUT2D eigenvalue weighted by Crippen LogP contribution is -2.51. The molecule has 164 valence electrons. The van der Waals surface area contributed by atoms with Crippen LogP contribution in [-0.4, -0.2) is 89.9 Å². The first-order chi connectivity index (χ1) is 14.4. The van der Waals surface area contributed by atoms with E-state index in [0.29, 0.717) is 36.9 Å². The zero-order valence-corrected chi connectivity index (χ0v) is 17.8. The third-order valence-electron chi connectivity index (χ3n) is 5.67. The van der Waals surface area contributed by atoms with Crippen molar-refractivity contribution >= 4 is 35.1 Å². The summed E-state index contributed by atoms with van der Waals surface area (Å²) in [5.41, 5.74) is 0.588. The first-order valence-electron chi connectivity index (χ1n) is 10.4. The maximum absolute atomic E-state index is 12.3. The molecule has 0 aromatic heterocycles. The smallest absolute Gasteiger partial charge is 0.308 e. The molecule has 0 saturated carbocycles. The van der Waals surface area contributed by atoms with E-state index < -0.39 is 11.9 Å². The predicted molar refractivity (Wildman–Crippen MR) is 115 cm³/mol. The van der Waals surface area contributed by atoms with Crippen LogP contribution in [-0.2, 0) is 14.4 Å². The average molecular weight is 437 g/mol. The minimum atomic E-state index is -0.979. The van der Waals surface area contributed by atoms with Crippen LogP contribution in [0.15, 0.2) is 24.3 Å². The summed E-state index contributed by atoms with van der Waals surface area (Å²) in [6.45, 7) is 5.29. The molecule has 3 rings (SSSR count). The number of halogens is 1. The van der Waals surface area contributed by atoms with E-state index >= 15 is 0 Å². The Kier molecular flexibility index (Phi) is 8.07. The quantitative estimate of drug-likeness (QED) is 0.643. The van der Waals surface area contributed by atoms with E-state index in [1.807, 2.05) is 4.90 Å². The molecule has 2 aliphatic rings. The number of nitrogens with one attached hydrogen (secondary N) is 1. The first-order valence-corrected chi connectivity index (χ1v) is 10.8. The van der Waals surface area contributed by atoms with E-state index in [-0.39, 0.29) is 18.2 Å². The fraction of sp³-hybridized carbons (Fsp3) is 0.571. The zero-order chi connectivity index (χ0) is 21.5. The standard InChI is InChI=1S/C21H29ClN4O4/c22-17-3-5-18(6-4-17)23-19(27)13-16(21(29)30)14-24-9-11-25(12-10-24)15-20(28)26-7-1-2-8-26/h3-6,16H,1-2,7-15H2,(H,23,27)(H,29,30)/t16-/m1/s1. The molecule has 0 bridgehead atoms. The van der Waals surface area contributed by atoms with Gasteiger partial charge in [0, 0.05) is 62.9 Å². The molecule has 30 heavy (non-hydrogen) atoms. The van der Waals surface area contributed by atoms with Gasteiger partial charge in [0.2, 0.25) is 11.8 Å². The third-order valence-corrected chi connectivity index (χ3v) is 5.92. The number of benzene rings is 1. The number of likely N-dealkylation sites (tertiary alicyclic amines) is 1. The number of carboxylic acids is 1. The summed E-state index contributed by atoms with van der Waals surface area (Å²) in [5.74, 6) is -1.91. The van der Waals surface area contributed by atoms with E-state index in [1.165, 1.54) is 0 Å². The fourth-order valence-electron chi connectivity index (χ4n) is 3.90. The van der Waals surface area contributed by atoms with Gasteiger partial charge >= 0.3 is 5.97 Å². The van der Waals surface area contributed by atoms with Gasteiger partial charge in [-0.2, -0.15) is 0 Å². The van der Waals surface area contributed by atoms with Crippen LogP contribution < -0.4 is 5.32 Å². The van der Waals surface area contributed by atoms with Crippen LogP contribution in [0, 0.1) is 5.92 Å². The van der Waals surface area contributed by atoms with Crippen LogP contribution in [0.25, 0.3) is 0 Å². The maximum Gasteiger partial charge on any atom is 0.308 e. The SMILES string of the molecule is O=C(C[C@H](CN1CCN(CC(=O)N2CCCC2)CC1)C(=O)O)Nc1ccc(Cl)cc1. The van der Waals surface area contributed by atoms with Crippen LogP contribution in [0.3, 0.4) is 0 Å². The Morgan fingerprint density at radius 3 is 2.17 bits per heavy atom. The van der Waals surface area contributed by atoms with Gasteiger partial charge < -0.3 is 15.3 Å². The summed E-state index contributed by atoms with van der Waals surface area (Å²) >= 11 is 5.83. The lowest BCUT2D eigenvalue weighted by Gasteiger charge is -2.36. The first kappa shape index (κ1) is 22.5. The van der Waals surface area contributed by atoms with Gasteiger partial charge in [-0.3, -0.25) is 24.2 Å². The van der Waals surface area contributed by atoms with Crippen molar-refractivity contribution in [1.29, 1.82) is 0 Å². The van der Waals surface area contributed by atoms with Crippen LogP contribution in [0.5, 0.6) is 0 Å². The van der Waals surface area contributed by atoms with Crippen molar-refractivity contribution in [1.82, 2.24) is 14.7 Å². The van der Waals surface area contributed by atoms with Crippen molar-refractivity contribution in [3.05, 3.63) is 29.3 Å². The molecule has 2 aliphatic heterocycles. The lowest BCUT2D eigenvalue weighted by atomic mass is 10.0. The van der Waals surface area contributed by atoms with E-state index in [0.717, 1.165) is 39.0 Å². The minimum Gasteiger partial charge on any atom is -0.481 e. The van der Waals surface area contributed by atoms with E-state index in [2.05, 4.69) is 15.1 Å². The lowest BCUT2D eigenvalue weighted by molar-refractivity contribution is -0.144. The maximum atomic E-state index is 12.3. The number of nitrogens with zero attached hydrogens (tertiary/aromatic N) is 3. The van der Waals surface area contributed by atoms with Crippen molar-refractivity contribution in [3.8, 4) is 0 Å². The predicted octanol–water partition coefficient (Wildman–Crippen LogP) is 1.61. The Labute approximate surface area is 181 Å². The zero-order valence-electron chi connectivity index (χ0n) is 17.1. The number of piperazine rings is 1. The van der Waals surface area contributed by atoms with Gasteiger partial charge in [0.25, 0.3) is 0 Å². The summed E-state index contributed by atoms with van der Waals surface area (Å²) in [7, 11) is 0. The van der Waals surface area contributed by atoms with Crippen molar-refractivity contribution in [3.63, 3.8) is 0 Å². The molecular formula is C21H29ClN4O4. The number of anilines is 1. The number of rotatable bonds is 8. The second kappa shape index (κ2) is 10.7. The van der Waals surface area contributed by atoms with Crippen molar-refractivity contribution in [2.75, 3.05) is 57.7 Å². The number of hydrogen-bond donors (Lipinski definition) is 2. The Bertz CT molecular complexity index is 744. The molecule has 0 radical (unpaired) electrons. The second-order valence-corrected chi connectivity index (χ2v) is 8.40. The molecule has 2 fully saturated rings. The van der Waals surface area contributed by atoms with Crippen LogP contribution in [0.2, 0.25) is 5.02 Å². The van der Waals surface area contributed by atoms with Gasteiger partial charge in [0.05, 0.1) is 12.5 Å². The summed E-state index contributed by atoms with van der Waals surface area (Å²) in [4.78, 5) is 42.4. The highest BCUT2D eigenvalue weighted by Gasteiger charge is 2.28. The van der Waals surface area contributed by atoms with E-state index in [4.69, 9.17) is 11.6 Å². The average Bonchev–Trinajstić information content (AvgIpc) is 3.25. The van der Waals surface area contributed by atoms with Gasteiger partial charge in [0.15, 0.2) is 0 Å². The van der Waals surface area contributed by atoms with Crippen LogP contribution in [0.4, 0.5) is 5.69 Å². The molecule has 2 amide bonds. The molecule has 2 heterocycles. The molecule has 9 heteroatoms. The van der Waals surface area contributed by atoms with Crippen LogP contribution >= 0.6 is 11.6 Å². The largest absolute Gasteiger partial charge is 0.481 e. The summed E-state index contributed by atoms with van der Waals surface area (Å²) in [5, 5.41) is 12.8. The van der Waals surface area contributed by atoms with Gasteiger partial charge in [-0.1, -0.05) is 11.6 Å². The van der Waals surface area contributed by atoms with Crippen molar-refractivity contribution in [2.24, 2.45) is 5.92 Å². The highest BCUT2D eigenvalue weighted by molar-refractivity contribution is 6.30. The second-order valence-electron chi connectivity index (χ2n) is 7.96. The van der Waals surface area contributed by atoms with Crippen molar-refractivity contribution < 1.29 is 19.5 Å². The summed E-state index contributed by atoms with van der Waals surface area (Å²) in [6.07, 6.45) is 2.08. The number of amides is 2. The highest BCUT2D eigenvalue weighted by Crippen LogP contribution is 2.16. The molecular weight excluding hydrogens is 408 g/mol. The minimum absolute atomic E-state index is 0.0916. The Hall–Kier alpha value is -2.16. The van der Waals surface area contributed by atoms with E-state index in [1.54, 1.807) is 24.3 Å². The number of aliphatic carboxylic acids is 1. The van der Waals surface area contributed by atoms with Gasteiger partial charge in [-0.25, -0.2) is 0 Å². The van der Waals surface area contributed by atoms with Gasteiger partial charge in [-0.15, -0.1) is 0 Å². The monoisotopic (exact) mass is 436 g/mol. The molecule has 2 N–H and O–H groups in total. The summed E-state index contributed by atoms with van der Waals surface area (Å²) < 4.78 is 0. The fourth-order valence-corrected chi connectivity index (χ4v) is 4.02. The highest BCUT2D eigenvalue weighted by atomic mass is 35.5. The number of carboxylic acid groups (broad SMARTS) is 1. The van der Waals surface area contributed by atoms with Crippen LogP contribution in [0.1, 0.15) is 19.3 Å². The van der Waals surface area contributed by atoms with Crippen molar-refractivity contribution in [2.45, 2.75) is 19.3 Å². The number of carbonyl (C=O) groups excluding carboxylic acids is 2. The molecule has 1 aromatic carbocycles. The number of carbonyl (C=O) groups is 3. The Morgan fingerprint density at radius 1 is 0.967 bits per heavy atom. The van der Waals surface area contributed by atoms with Gasteiger partial charge in [-0.05, 0) is 37.1 Å². The third kappa shape index (κ3) is 6.68. The number of hydrogen-bond acceptors (Lipinski definition) is 5. The molecule has 2 saturated heterocycles. The Morgan fingerprint density at radius 2 is 1.57 bits per heavy atom. The molecule has 0 spiro atoms. The van der Waals surface area contributed by atoms with Gasteiger partial charge in [0.1, 0.15) is 0 Å². The molecule has 8 nitrogen and oxygen atoms in total. The van der Waals surface area contributed by atoms with E-state index in [9.17, 15) is 19.5 Å². The molecule has 1 atom stereocenters. The molecule has 0 aliphatic carbocycles. The summed E-state index contributed by atoms with van der Waals surface area (Å²) in [6, 6.07) is 6.69. The molecule has 0 unspecified atom stereocenters. The normalized spacial score (nSPS) is 18.9. The molecule has 1 aromatic rings. The topological polar surface area (TPSA) is 93.2 Å². The Balaban J connectivity index is 1.43.